The van der Waals surface area contributed by atoms with Gasteiger partial charge in [-0.15, -0.1) is 0 Å². The lowest BCUT2D eigenvalue weighted by atomic mass is 10.1. The van der Waals surface area contributed by atoms with Gasteiger partial charge in [-0.1, -0.05) is 243 Å². The van der Waals surface area contributed by atoms with E-state index in [9.17, 15) is 9.59 Å². The lowest BCUT2D eigenvalue weighted by molar-refractivity contribution is -0.163. The largest absolute Gasteiger partial charge is 0.462 e. The molecule has 0 fully saturated rings. The van der Waals surface area contributed by atoms with Gasteiger partial charge in [0.2, 0.25) is 0 Å². The van der Waals surface area contributed by atoms with Crippen LogP contribution in [0.15, 0.2) is 48.6 Å². The van der Waals surface area contributed by atoms with Crippen molar-refractivity contribution < 1.29 is 23.8 Å². The quantitative estimate of drug-likeness (QED) is 0.0345. The highest BCUT2D eigenvalue weighted by atomic mass is 16.6. The van der Waals surface area contributed by atoms with Gasteiger partial charge in [-0.3, -0.25) is 9.59 Å². The highest BCUT2D eigenvalue weighted by Gasteiger charge is 2.17. The van der Waals surface area contributed by atoms with Gasteiger partial charge in [0.1, 0.15) is 6.61 Å². The van der Waals surface area contributed by atoms with Gasteiger partial charge in [-0.2, -0.15) is 0 Å². The zero-order chi connectivity index (χ0) is 47.7. The van der Waals surface area contributed by atoms with Crippen molar-refractivity contribution in [2.24, 2.45) is 0 Å². The molecule has 0 rings (SSSR count). The van der Waals surface area contributed by atoms with Gasteiger partial charge >= 0.3 is 11.9 Å². The highest BCUT2D eigenvalue weighted by Crippen LogP contribution is 2.15. The number of hydrogen-bond donors (Lipinski definition) is 0. The first-order chi connectivity index (χ1) is 32.6. The van der Waals surface area contributed by atoms with Crippen molar-refractivity contribution in [2.75, 3.05) is 19.8 Å². The Balaban J connectivity index is 4.23. The third kappa shape index (κ3) is 54.5. The van der Waals surface area contributed by atoms with Crippen LogP contribution < -0.4 is 0 Å². The zero-order valence-electron chi connectivity index (χ0n) is 44.5. The summed E-state index contributed by atoms with van der Waals surface area (Å²) in [5.74, 6) is -0.406. The van der Waals surface area contributed by atoms with Crippen LogP contribution in [0.4, 0.5) is 0 Å². The van der Waals surface area contributed by atoms with Crippen LogP contribution in [-0.2, 0) is 23.8 Å². The predicted octanol–water partition coefficient (Wildman–Crippen LogP) is 19.9. The Bertz CT molecular complexity index is 1090. The van der Waals surface area contributed by atoms with E-state index in [0.29, 0.717) is 19.4 Å². The molecule has 0 aliphatic carbocycles. The lowest BCUT2D eigenvalue weighted by Crippen LogP contribution is -2.30. The normalized spacial score (nSPS) is 12.5. The molecule has 0 radical (unpaired) electrons. The Morgan fingerprint density at radius 3 is 1.08 bits per heavy atom. The monoisotopic (exact) mass is 925 g/mol. The second kappa shape index (κ2) is 57.2. The highest BCUT2D eigenvalue weighted by molar-refractivity contribution is 5.70. The molecule has 0 spiro atoms. The average Bonchev–Trinajstić information content (AvgIpc) is 3.32. The predicted molar refractivity (Wildman–Crippen MR) is 288 cm³/mol. The molecule has 5 nitrogen and oxygen atoms in total. The molecule has 0 aliphatic heterocycles. The van der Waals surface area contributed by atoms with Gasteiger partial charge in [-0.25, -0.2) is 0 Å². The topological polar surface area (TPSA) is 61.8 Å². The maximum Gasteiger partial charge on any atom is 0.306 e. The second-order valence-corrected chi connectivity index (χ2v) is 19.5. The smallest absolute Gasteiger partial charge is 0.306 e. The van der Waals surface area contributed by atoms with Crippen molar-refractivity contribution >= 4 is 11.9 Å². The Morgan fingerprint density at radius 2 is 0.667 bits per heavy atom. The Morgan fingerprint density at radius 1 is 0.333 bits per heavy atom. The second-order valence-electron chi connectivity index (χ2n) is 19.5. The first-order valence-electron chi connectivity index (χ1n) is 29.2. The molecule has 0 bridgehead atoms. The molecule has 0 aromatic carbocycles. The fraction of sp³-hybridized carbons (Fsp3) is 0.836. The summed E-state index contributed by atoms with van der Waals surface area (Å²) in [4.78, 5) is 25.5. The minimum Gasteiger partial charge on any atom is -0.462 e. The van der Waals surface area contributed by atoms with Gasteiger partial charge in [-0.05, 0) is 96.3 Å². The van der Waals surface area contributed by atoms with Crippen LogP contribution in [0.1, 0.15) is 303 Å². The molecule has 0 aliphatic rings. The van der Waals surface area contributed by atoms with E-state index in [-0.39, 0.29) is 25.2 Å². The van der Waals surface area contributed by atoms with Crippen molar-refractivity contribution in [3.05, 3.63) is 48.6 Å². The third-order valence-corrected chi connectivity index (χ3v) is 12.8. The molecule has 0 aromatic heterocycles. The molecule has 0 saturated carbocycles. The molecule has 0 amide bonds. The summed E-state index contributed by atoms with van der Waals surface area (Å²) in [6, 6.07) is 0. The number of esters is 2. The average molecular weight is 926 g/mol. The summed E-state index contributed by atoms with van der Waals surface area (Å²) in [5.41, 5.74) is 0. The molecule has 66 heavy (non-hydrogen) atoms. The van der Waals surface area contributed by atoms with Gasteiger partial charge in [0, 0.05) is 19.4 Å². The number of hydrogen-bond acceptors (Lipinski definition) is 5. The number of carbonyl (C=O) groups is 2. The van der Waals surface area contributed by atoms with E-state index < -0.39 is 6.10 Å². The number of allylic oxidation sites excluding steroid dienone is 8. The Labute approximate surface area is 412 Å². The van der Waals surface area contributed by atoms with Gasteiger partial charge in [0.05, 0.1) is 6.61 Å². The Kier molecular flexibility index (Phi) is 55.3. The van der Waals surface area contributed by atoms with Crippen LogP contribution in [0.2, 0.25) is 0 Å². The van der Waals surface area contributed by atoms with Crippen LogP contribution in [0.3, 0.4) is 0 Å². The van der Waals surface area contributed by atoms with Crippen LogP contribution >= 0.6 is 0 Å². The summed E-state index contributed by atoms with van der Waals surface area (Å²) in [5, 5.41) is 0. The number of rotatable bonds is 54. The number of unbranched alkanes of at least 4 members (excludes halogenated alkanes) is 35. The van der Waals surface area contributed by atoms with E-state index in [0.717, 1.165) is 57.8 Å². The standard InChI is InChI=1S/C61H112O5/c1-4-7-10-13-16-19-22-25-27-29-30-31-33-35-38-41-44-47-50-53-56-64-57-59(66-61(63)55-52-49-46-43-40-36-24-21-18-15-12-9-6-3)58-65-60(62)54-51-48-45-42-39-37-34-32-28-26-23-20-17-14-11-8-5-2/h12,15,21,24-28,59H,4-11,13-14,16-20,22-23,29-58H2,1-3H3/b15-12-,24-21-,27-25-,28-26-. The number of carbonyl (C=O) groups excluding carboxylic acids is 2. The summed E-state index contributed by atoms with van der Waals surface area (Å²) in [6.07, 6.45) is 71.3. The third-order valence-electron chi connectivity index (χ3n) is 12.8. The van der Waals surface area contributed by atoms with Crippen molar-refractivity contribution in [2.45, 2.75) is 309 Å². The Hall–Kier alpha value is -2.14. The molecular formula is C61H112O5. The molecule has 386 valence electrons. The number of ether oxygens (including phenoxy) is 3. The van der Waals surface area contributed by atoms with E-state index in [1.54, 1.807) is 0 Å². The molecule has 1 unspecified atom stereocenters. The first-order valence-corrected chi connectivity index (χ1v) is 29.2. The van der Waals surface area contributed by atoms with Gasteiger partial charge in [0.15, 0.2) is 6.10 Å². The molecule has 0 heterocycles. The minimum atomic E-state index is -0.545. The van der Waals surface area contributed by atoms with E-state index in [1.807, 2.05) is 0 Å². The first kappa shape index (κ1) is 63.9. The SMILES string of the molecule is CCC/C=C\C/C=C\CCCCCCCC(=O)OC(COCCCCCCCCCCCC/C=C\CCCCCCCC)COC(=O)CCCCCCCCC/C=C\CCCCCCCC. The van der Waals surface area contributed by atoms with E-state index in [4.69, 9.17) is 14.2 Å². The summed E-state index contributed by atoms with van der Waals surface area (Å²) in [6.45, 7) is 7.78. The molecule has 0 aromatic rings. The maximum absolute atomic E-state index is 12.8. The molecule has 5 heteroatoms. The van der Waals surface area contributed by atoms with E-state index >= 15 is 0 Å². The zero-order valence-corrected chi connectivity index (χ0v) is 44.5. The molecule has 1 atom stereocenters. The van der Waals surface area contributed by atoms with Crippen molar-refractivity contribution in [3.8, 4) is 0 Å². The van der Waals surface area contributed by atoms with Crippen LogP contribution in [0, 0.1) is 0 Å². The van der Waals surface area contributed by atoms with Crippen molar-refractivity contribution in [3.63, 3.8) is 0 Å². The van der Waals surface area contributed by atoms with Crippen molar-refractivity contribution in [1.82, 2.24) is 0 Å². The molecule has 0 N–H and O–H groups in total. The van der Waals surface area contributed by atoms with E-state index in [2.05, 4.69) is 69.4 Å². The molecular weight excluding hydrogens is 813 g/mol. The van der Waals surface area contributed by atoms with Crippen molar-refractivity contribution in [1.29, 1.82) is 0 Å². The fourth-order valence-corrected chi connectivity index (χ4v) is 8.42. The summed E-state index contributed by atoms with van der Waals surface area (Å²) < 4.78 is 17.5. The lowest BCUT2D eigenvalue weighted by Gasteiger charge is -2.18. The van der Waals surface area contributed by atoms with E-state index in [1.165, 1.54) is 212 Å². The van der Waals surface area contributed by atoms with Gasteiger partial charge in [0.25, 0.3) is 0 Å². The fourth-order valence-electron chi connectivity index (χ4n) is 8.42. The summed E-state index contributed by atoms with van der Waals surface area (Å²) >= 11 is 0. The minimum absolute atomic E-state index is 0.0792. The van der Waals surface area contributed by atoms with Crippen LogP contribution in [0.25, 0.3) is 0 Å². The summed E-state index contributed by atoms with van der Waals surface area (Å²) in [7, 11) is 0. The van der Waals surface area contributed by atoms with Gasteiger partial charge < -0.3 is 14.2 Å². The molecule has 0 saturated heterocycles. The van der Waals surface area contributed by atoms with Crippen LogP contribution in [0.5, 0.6) is 0 Å². The van der Waals surface area contributed by atoms with Crippen LogP contribution in [-0.4, -0.2) is 37.9 Å². The maximum atomic E-state index is 12.8.